The zero-order chi connectivity index (χ0) is 23.3. The summed E-state index contributed by atoms with van der Waals surface area (Å²) in [4.78, 5) is 36.1. The van der Waals surface area contributed by atoms with Gasteiger partial charge in [0.2, 0.25) is 0 Å². The fraction of sp³-hybridized carbons (Fsp3) is 0.364. The van der Waals surface area contributed by atoms with Crippen LogP contribution in [0.25, 0.3) is 0 Å². The highest BCUT2D eigenvalue weighted by Gasteiger charge is 2.26. The van der Waals surface area contributed by atoms with Crippen molar-refractivity contribution in [1.82, 2.24) is 5.32 Å². The van der Waals surface area contributed by atoms with Crippen molar-refractivity contribution < 1.29 is 28.7 Å². The topological polar surface area (TPSA) is 117 Å². The molecule has 32 heavy (non-hydrogen) atoms. The molecule has 0 aromatic heterocycles. The third-order valence-electron chi connectivity index (χ3n) is 4.76. The lowest BCUT2D eigenvalue weighted by atomic mass is 10.0. The van der Waals surface area contributed by atoms with Crippen LogP contribution < -0.4 is 10.1 Å². The minimum Gasteiger partial charge on any atom is -0.467 e. The van der Waals surface area contributed by atoms with Crippen LogP contribution in [-0.4, -0.2) is 29.6 Å². The minimum atomic E-state index is -0.892. The van der Waals surface area contributed by atoms with Gasteiger partial charge in [-0.25, -0.2) is 4.79 Å². The number of hydrogen-bond donors (Lipinski definition) is 1. The maximum atomic E-state index is 12.8. The number of amides is 1. The van der Waals surface area contributed by atoms with Crippen molar-refractivity contribution in [1.29, 1.82) is 0 Å². The van der Waals surface area contributed by atoms with Gasteiger partial charge < -0.3 is 19.5 Å². The fourth-order valence-corrected chi connectivity index (χ4v) is 3.40. The molecule has 0 bridgehead atoms. The van der Waals surface area contributed by atoms with Crippen molar-refractivity contribution in [2.45, 2.75) is 39.5 Å². The fourth-order valence-electron chi connectivity index (χ4n) is 3.27. The summed E-state index contributed by atoms with van der Waals surface area (Å²) in [6, 6.07) is 8.07. The van der Waals surface area contributed by atoms with Crippen LogP contribution >= 0.6 is 11.6 Å². The summed E-state index contributed by atoms with van der Waals surface area (Å²) in [5.41, 5.74) is 1.07. The van der Waals surface area contributed by atoms with E-state index in [1.54, 1.807) is 24.3 Å². The molecule has 1 atom stereocenters. The van der Waals surface area contributed by atoms with E-state index in [1.807, 2.05) is 13.8 Å². The number of nitrogens with zero attached hydrogens (tertiary/aromatic N) is 1. The van der Waals surface area contributed by atoms with Crippen molar-refractivity contribution in [3.8, 4) is 5.75 Å². The van der Waals surface area contributed by atoms with Gasteiger partial charge in [0.25, 0.3) is 11.6 Å². The maximum absolute atomic E-state index is 12.8. The van der Waals surface area contributed by atoms with Crippen LogP contribution in [0.15, 0.2) is 36.4 Å². The van der Waals surface area contributed by atoms with Gasteiger partial charge in [0.05, 0.1) is 11.5 Å². The van der Waals surface area contributed by atoms with Gasteiger partial charge in [-0.2, -0.15) is 0 Å². The normalized spacial score (nSPS) is 13.6. The number of carbonyl (C=O) groups excluding carboxylic acids is 2. The summed E-state index contributed by atoms with van der Waals surface area (Å²) < 4.78 is 16.1. The van der Waals surface area contributed by atoms with E-state index < -0.39 is 22.8 Å². The van der Waals surface area contributed by atoms with Gasteiger partial charge in [-0.05, 0) is 36.6 Å². The lowest BCUT2D eigenvalue weighted by molar-refractivity contribution is -0.385. The third-order valence-corrected chi connectivity index (χ3v) is 5.01. The smallest absolute Gasteiger partial charge is 0.328 e. The van der Waals surface area contributed by atoms with Crippen LogP contribution in [0.4, 0.5) is 5.69 Å². The highest BCUT2D eigenvalue weighted by atomic mass is 35.5. The van der Waals surface area contributed by atoms with E-state index in [0.29, 0.717) is 33.9 Å². The van der Waals surface area contributed by atoms with Crippen molar-refractivity contribution >= 4 is 29.2 Å². The SMILES string of the molecule is CC(C)C[C@H](NC(=O)c1ccc(Cl)cc1)C(=O)OCc1cc([N+](=O)[O-])cc2c1OCOC2. The Morgan fingerprint density at radius 2 is 1.97 bits per heavy atom. The molecule has 2 aromatic carbocycles. The summed E-state index contributed by atoms with van der Waals surface area (Å²) in [5.74, 6) is -0.574. The summed E-state index contributed by atoms with van der Waals surface area (Å²) in [6.07, 6.45) is 0.357. The standard InChI is InChI=1S/C22H23ClN2O7/c1-13(2)7-19(24-21(26)14-3-5-17(23)6-4-14)22(27)31-11-16-9-18(25(28)29)8-15-10-30-12-32-20(15)16/h3-6,8-9,13,19H,7,10-12H2,1-2H3,(H,24,26)/t19-/m0/s1. The largest absolute Gasteiger partial charge is 0.467 e. The predicted molar refractivity (Wildman–Crippen MR) is 115 cm³/mol. The second-order valence-electron chi connectivity index (χ2n) is 7.73. The number of halogens is 1. The molecule has 1 amide bonds. The number of non-ortho nitro benzene ring substituents is 1. The number of ether oxygens (including phenoxy) is 3. The zero-order valence-electron chi connectivity index (χ0n) is 17.6. The number of fused-ring (bicyclic) bond motifs is 1. The van der Waals surface area contributed by atoms with Crippen LogP contribution in [0.1, 0.15) is 41.8 Å². The van der Waals surface area contributed by atoms with Crippen molar-refractivity contribution in [3.05, 3.63) is 68.2 Å². The summed E-state index contributed by atoms with van der Waals surface area (Å²) in [6.45, 7) is 3.75. The first kappa shape index (κ1) is 23.5. The molecule has 0 aliphatic carbocycles. The molecule has 0 fully saturated rings. The molecule has 0 radical (unpaired) electrons. The first-order valence-electron chi connectivity index (χ1n) is 9.98. The number of nitro benzene ring substituents is 1. The molecule has 3 rings (SSSR count). The number of esters is 1. The van der Waals surface area contributed by atoms with Crippen LogP contribution in [0, 0.1) is 16.0 Å². The number of benzene rings is 2. The molecular formula is C22H23ClN2O7. The molecule has 1 aliphatic heterocycles. The summed E-state index contributed by atoms with van der Waals surface area (Å²) in [7, 11) is 0. The number of nitro groups is 1. The van der Waals surface area contributed by atoms with Gasteiger partial charge in [0.1, 0.15) is 18.4 Å². The Bertz CT molecular complexity index is 1010. The van der Waals surface area contributed by atoms with Crippen LogP contribution in [-0.2, 0) is 27.5 Å². The molecule has 1 aliphatic rings. The highest BCUT2D eigenvalue weighted by Crippen LogP contribution is 2.33. The lowest BCUT2D eigenvalue weighted by Gasteiger charge is -2.22. The Morgan fingerprint density at radius 1 is 1.25 bits per heavy atom. The summed E-state index contributed by atoms with van der Waals surface area (Å²) >= 11 is 5.86. The van der Waals surface area contributed by atoms with Gasteiger partial charge in [-0.15, -0.1) is 0 Å². The van der Waals surface area contributed by atoms with E-state index >= 15 is 0 Å². The van der Waals surface area contributed by atoms with Crippen LogP contribution in [0.2, 0.25) is 5.02 Å². The first-order chi connectivity index (χ1) is 15.2. The number of carbonyl (C=O) groups is 2. The van der Waals surface area contributed by atoms with Crippen LogP contribution in [0.3, 0.4) is 0 Å². The monoisotopic (exact) mass is 462 g/mol. The second-order valence-corrected chi connectivity index (χ2v) is 8.17. The Labute approximate surface area is 189 Å². The van der Waals surface area contributed by atoms with Crippen molar-refractivity contribution in [2.75, 3.05) is 6.79 Å². The Kier molecular flexibility index (Phi) is 7.66. The van der Waals surface area contributed by atoms with E-state index in [9.17, 15) is 19.7 Å². The maximum Gasteiger partial charge on any atom is 0.328 e. The number of rotatable bonds is 8. The molecule has 170 valence electrons. The quantitative estimate of drug-likeness (QED) is 0.358. The third kappa shape index (κ3) is 5.95. The van der Waals surface area contributed by atoms with Crippen molar-refractivity contribution in [2.24, 2.45) is 5.92 Å². The van der Waals surface area contributed by atoms with E-state index in [2.05, 4.69) is 5.32 Å². The van der Waals surface area contributed by atoms with Gasteiger partial charge in [0, 0.05) is 33.8 Å². The Hall–Kier alpha value is -3.17. The molecule has 2 aromatic rings. The summed E-state index contributed by atoms with van der Waals surface area (Å²) in [5, 5.41) is 14.4. The van der Waals surface area contributed by atoms with E-state index in [-0.39, 0.29) is 31.6 Å². The molecule has 9 nitrogen and oxygen atoms in total. The lowest BCUT2D eigenvalue weighted by Crippen LogP contribution is -2.42. The first-order valence-corrected chi connectivity index (χ1v) is 10.4. The molecule has 0 unspecified atom stereocenters. The van der Waals surface area contributed by atoms with Gasteiger partial charge in [-0.3, -0.25) is 14.9 Å². The molecule has 10 heteroatoms. The molecule has 1 heterocycles. The van der Waals surface area contributed by atoms with Gasteiger partial charge >= 0.3 is 5.97 Å². The second kappa shape index (κ2) is 10.4. The molecular weight excluding hydrogens is 440 g/mol. The van der Waals surface area contributed by atoms with E-state index in [0.717, 1.165) is 0 Å². The molecule has 0 spiro atoms. The predicted octanol–water partition coefficient (Wildman–Crippen LogP) is 4.00. The molecule has 1 N–H and O–H groups in total. The van der Waals surface area contributed by atoms with Gasteiger partial charge in [0.15, 0.2) is 6.79 Å². The van der Waals surface area contributed by atoms with E-state index in [4.69, 9.17) is 25.8 Å². The molecule has 0 saturated heterocycles. The zero-order valence-corrected chi connectivity index (χ0v) is 18.4. The van der Waals surface area contributed by atoms with E-state index in [1.165, 1.54) is 12.1 Å². The average Bonchev–Trinajstić information content (AvgIpc) is 2.76. The van der Waals surface area contributed by atoms with Gasteiger partial charge in [-0.1, -0.05) is 25.4 Å². The average molecular weight is 463 g/mol. The minimum absolute atomic E-state index is 0.00111. The van der Waals surface area contributed by atoms with Crippen LogP contribution in [0.5, 0.6) is 5.75 Å². The Morgan fingerprint density at radius 3 is 2.62 bits per heavy atom. The number of nitrogens with one attached hydrogen (secondary N) is 1. The Balaban J connectivity index is 1.74. The highest BCUT2D eigenvalue weighted by molar-refractivity contribution is 6.30. The van der Waals surface area contributed by atoms with Crippen molar-refractivity contribution in [3.63, 3.8) is 0 Å². The number of hydrogen-bond acceptors (Lipinski definition) is 7. The molecule has 0 saturated carbocycles.